The first-order valence-electron chi connectivity index (χ1n) is 11.2. The third-order valence-corrected chi connectivity index (χ3v) is 6.41. The van der Waals surface area contributed by atoms with E-state index in [1.54, 1.807) is 12.1 Å². The van der Waals surface area contributed by atoms with Gasteiger partial charge in [-0.1, -0.05) is 0 Å². The number of ether oxygens (including phenoxy) is 3. The van der Waals surface area contributed by atoms with Crippen molar-refractivity contribution in [2.24, 2.45) is 5.92 Å². The van der Waals surface area contributed by atoms with Gasteiger partial charge in [0.2, 0.25) is 0 Å². The Morgan fingerprint density at radius 3 is 2.19 bits per heavy atom. The van der Waals surface area contributed by atoms with E-state index in [0.717, 1.165) is 38.7 Å². The van der Waals surface area contributed by atoms with E-state index in [2.05, 4.69) is 0 Å². The summed E-state index contributed by atoms with van der Waals surface area (Å²) in [5, 5.41) is 0. The van der Waals surface area contributed by atoms with Crippen molar-refractivity contribution in [2.45, 2.75) is 37.7 Å². The zero-order chi connectivity index (χ0) is 22.4. The number of nitrogens with zero attached hydrogens (tertiary/aromatic N) is 1. The molecule has 0 N–H and O–H groups in total. The number of piperidine rings is 1. The molecule has 2 aromatic carbocycles. The SMILES string of the molecule is O=C(COc1ccc(F)cc1)N1CCC2(CC1)CC(CCOc1ccc(F)cc1)CCO2. The maximum atomic E-state index is 13.0. The highest BCUT2D eigenvalue weighted by Crippen LogP contribution is 2.38. The van der Waals surface area contributed by atoms with E-state index < -0.39 is 0 Å². The number of benzene rings is 2. The standard InChI is InChI=1S/C25H29F2NO4/c26-20-1-5-22(6-2-20)30-15-9-19-10-16-32-25(17-19)11-13-28(14-12-25)24(29)18-31-23-7-3-21(27)4-8-23/h1-8,19H,9-18H2. The molecule has 1 spiro atoms. The number of hydrogen-bond acceptors (Lipinski definition) is 4. The van der Waals surface area contributed by atoms with E-state index in [1.807, 2.05) is 4.90 Å². The first kappa shape index (κ1) is 22.5. The molecule has 1 amide bonds. The lowest BCUT2D eigenvalue weighted by Crippen LogP contribution is -2.51. The minimum atomic E-state index is -0.335. The monoisotopic (exact) mass is 445 g/mol. The van der Waals surface area contributed by atoms with Gasteiger partial charge in [-0.25, -0.2) is 8.78 Å². The molecule has 172 valence electrons. The number of likely N-dealkylation sites (tertiary alicyclic amines) is 1. The van der Waals surface area contributed by atoms with Gasteiger partial charge in [0.15, 0.2) is 6.61 Å². The summed E-state index contributed by atoms with van der Waals surface area (Å²) < 4.78 is 43.4. The fraction of sp³-hybridized carbons (Fsp3) is 0.480. The summed E-state index contributed by atoms with van der Waals surface area (Å²) in [5.74, 6) is 1.00. The van der Waals surface area contributed by atoms with E-state index in [9.17, 15) is 13.6 Å². The molecule has 1 atom stereocenters. The van der Waals surface area contributed by atoms with Crippen LogP contribution in [0, 0.1) is 17.6 Å². The normalized spacial score (nSPS) is 20.2. The van der Waals surface area contributed by atoms with Gasteiger partial charge in [0, 0.05) is 19.7 Å². The minimum Gasteiger partial charge on any atom is -0.494 e. The van der Waals surface area contributed by atoms with Crippen LogP contribution in [0.5, 0.6) is 11.5 Å². The van der Waals surface area contributed by atoms with Crippen molar-refractivity contribution in [3.63, 3.8) is 0 Å². The molecule has 2 aromatic rings. The summed E-state index contributed by atoms with van der Waals surface area (Å²) in [7, 11) is 0. The van der Waals surface area contributed by atoms with Gasteiger partial charge in [0.25, 0.3) is 5.91 Å². The van der Waals surface area contributed by atoms with E-state index in [4.69, 9.17) is 14.2 Å². The van der Waals surface area contributed by atoms with Gasteiger partial charge in [0.05, 0.1) is 12.2 Å². The molecule has 0 bridgehead atoms. The Labute approximate surface area is 187 Å². The summed E-state index contributed by atoms with van der Waals surface area (Å²) in [6.45, 7) is 2.55. The number of carbonyl (C=O) groups is 1. The van der Waals surface area contributed by atoms with Crippen molar-refractivity contribution in [1.29, 1.82) is 0 Å². The van der Waals surface area contributed by atoms with Crippen LogP contribution in [-0.2, 0) is 9.53 Å². The van der Waals surface area contributed by atoms with Crippen LogP contribution in [0.15, 0.2) is 48.5 Å². The lowest BCUT2D eigenvalue weighted by atomic mass is 9.78. The van der Waals surface area contributed by atoms with Crippen LogP contribution in [0.2, 0.25) is 0 Å². The average molecular weight is 446 g/mol. The van der Waals surface area contributed by atoms with E-state index in [1.165, 1.54) is 36.4 Å². The van der Waals surface area contributed by atoms with Crippen LogP contribution < -0.4 is 9.47 Å². The molecule has 32 heavy (non-hydrogen) atoms. The van der Waals surface area contributed by atoms with Gasteiger partial charge in [-0.15, -0.1) is 0 Å². The molecule has 2 aliphatic rings. The second-order valence-electron chi connectivity index (χ2n) is 8.60. The molecule has 2 aliphatic heterocycles. The number of halogens is 2. The lowest BCUT2D eigenvalue weighted by Gasteiger charge is -2.46. The third kappa shape index (κ3) is 5.97. The van der Waals surface area contributed by atoms with Gasteiger partial charge in [-0.3, -0.25) is 4.79 Å². The molecular weight excluding hydrogens is 416 g/mol. The Kier molecular flexibility index (Phi) is 7.25. The minimum absolute atomic E-state index is 0.0527. The second kappa shape index (κ2) is 10.3. The van der Waals surface area contributed by atoms with Gasteiger partial charge < -0.3 is 19.1 Å². The zero-order valence-corrected chi connectivity index (χ0v) is 18.1. The van der Waals surface area contributed by atoms with Crippen molar-refractivity contribution in [3.05, 3.63) is 60.2 Å². The smallest absolute Gasteiger partial charge is 0.260 e. The van der Waals surface area contributed by atoms with E-state index in [-0.39, 0.29) is 29.7 Å². The van der Waals surface area contributed by atoms with Crippen LogP contribution >= 0.6 is 0 Å². The number of carbonyl (C=O) groups excluding carboxylic acids is 1. The van der Waals surface area contributed by atoms with Crippen molar-refractivity contribution >= 4 is 5.91 Å². The Morgan fingerprint density at radius 2 is 1.56 bits per heavy atom. The predicted octanol–water partition coefficient (Wildman–Crippen LogP) is 4.60. The molecule has 1 unspecified atom stereocenters. The summed E-state index contributed by atoms with van der Waals surface area (Å²) >= 11 is 0. The fourth-order valence-corrected chi connectivity index (χ4v) is 4.53. The van der Waals surface area contributed by atoms with Crippen LogP contribution in [0.1, 0.15) is 32.1 Å². The summed E-state index contributed by atoms with van der Waals surface area (Å²) in [6, 6.07) is 11.8. The molecule has 2 heterocycles. The maximum Gasteiger partial charge on any atom is 0.260 e. The second-order valence-corrected chi connectivity index (χ2v) is 8.60. The van der Waals surface area contributed by atoms with E-state index in [0.29, 0.717) is 37.1 Å². The molecular formula is C25H29F2NO4. The molecule has 0 aliphatic carbocycles. The van der Waals surface area contributed by atoms with E-state index >= 15 is 0 Å². The van der Waals surface area contributed by atoms with Gasteiger partial charge in [-0.2, -0.15) is 0 Å². The molecule has 4 rings (SSSR count). The highest BCUT2D eigenvalue weighted by Gasteiger charge is 2.41. The Bertz CT molecular complexity index is 880. The Balaban J connectivity index is 1.20. The molecule has 0 saturated carbocycles. The van der Waals surface area contributed by atoms with Crippen LogP contribution in [0.25, 0.3) is 0 Å². The molecule has 0 radical (unpaired) electrons. The van der Waals surface area contributed by atoms with Crippen LogP contribution in [0.3, 0.4) is 0 Å². The maximum absolute atomic E-state index is 13.0. The number of hydrogen-bond donors (Lipinski definition) is 0. The third-order valence-electron chi connectivity index (χ3n) is 6.41. The highest BCUT2D eigenvalue weighted by atomic mass is 19.1. The first-order chi connectivity index (χ1) is 15.5. The first-order valence-corrected chi connectivity index (χ1v) is 11.2. The van der Waals surface area contributed by atoms with Crippen molar-refractivity contribution in [1.82, 2.24) is 4.90 Å². The Hall–Kier alpha value is -2.67. The highest BCUT2D eigenvalue weighted by molar-refractivity contribution is 5.77. The fourth-order valence-electron chi connectivity index (χ4n) is 4.53. The zero-order valence-electron chi connectivity index (χ0n) is 18.1. The summed E-state index contributed by atoms with van der Waals surface area (Å²) in [4.78, 5) is 14.3. The van der Waals surface area contributed by atoms with Crippen molar-refractivity contribution in [2.75, 3.05) is 32.9 Å². The number of rotatable bonds is 7. The Morgan fingerprint density at radius 1 is 0.969 bits per heavy atom. The largest absolute Gasteiger partial charge is 0.494 e. The molecule has 5 nitrogen and oxygen atoms in total. The van der Waals surface area contributed by atoms with Crippen molar-refractivity contribution in [3.8, 4) is 11.5 Å². The average Bonchev–Trinajstić information content (AvgIpc) is 2.80. The molecule has 2 saturated heterocycles. The quantitative estimate of drug-likeness (QED) is 0.625. The lowest BCUT2D eigenvalue weighted by molar-refractivity contribution is -0.149. The van der Waals surface area contributed by atoms with Crippen LogP contribution in [0.4, 0.5) is 8.78 Å². The van der Waals surface area contributed by atoms with Gasteiger partial charge >= 0.3 is 0 Å². The van der Waals surface area contributed by atoms with Crippen LogP contribution in [-0.4, -0.2) is 49.3 Å². The molecule has 0 aromatic heterocycles. The topological polar surface area (TPSA) is 48.0 Å². The molecule has 2 fully saturated rings. The summed E-state index contributed by atoms with van der Waals surface area (Å²) in [6.07, 6.45) is 4.52. The van der Waals surface area contributed by atoms with Gasteiger partial charge in [0.1, 0.15) is 23.1 Å². The van der Waals surface area contributed by atoms with Crippen molar-refractivity contribution < 1.29 is 27.8 Å². The number of amides is 1. The predicted molar refractivity (Wildman–Crippen MR) is 116 cm³/mol. The summed E-state index contributed by atoms with van der Waals surface area (Å²) in [5.41, 5.74) is -0.173. The van der Waals surface area contributed by atoms with Gasteiger partial charge in [-0.05, 0) is 86.6 Å². The molecule has 7 heteroatoms.